The van der Waals surface area contributed by atoms with E-state index >= 15 is 0 Å². The van der Waals surface area contributed by atoms with Crippen molar-refractivity contribution in [2.24, 2.45) is 0 Å². The van der Waals surface area contributed by atoms with Crippen molar-refractivity contribution in [2.45, 2.75) is 51.5 Å². The average Bonchev–Trinajstić information content (AvgIpc) is 2.28. The summed E-state index contributed by atoms with van der Waals surface area (Å²) in [6, 6.07) is 0.462. The van der Waals surface area contributed by atoms with Gasteiger partial charge in [0.15, 0.2) is 0 Å². The molecule has 3 heteroatoms. The van der Waals surface area contributed by atoms with Crippen molar-refractivity contribution in [3.63, 3.8) is 0 Å². The van der Waals surface area contributed by atoms with Crippen molar-refractivity contribution < 1.29 is 9.90 Å². The number of nitrogens with zero attached hydrogens (tertiary/aromatic N) is 1. The Morgan fingerprint density at radius 3 is 3.00 bits per heavy atom. The topological polar surface area (TPSA) is 40.5 Å². The van der Waals surface area contributed by atoms with Crippen LogP contribution in [0.5, 0.6) is 0 Å². The summed E-state index contributed by atoms with van der Waals surface area (Å²) in [5.74, 6) is 5.29. The lowest BCUT2D eigenvalue weighted by Crippen LogP contribution is -2.40. The van der Waals surface area contributed by atoms with Crippen molar-refractivity contribution >= 4 is 5.97 Å². The number of rotatable bonds is 5. The molecule has 16 heavy (non-hydrogen) atoms. The SMILES string of the molecule is CC#CCCN1CCCCC1CCC(=O)O. The maximum Gasteiger partial charge on any atom is 0.303 e. The number of carbonyl (C=O) groups is 1. The van der Waals surface area contributed by atoms with Crippen LogP contribution in [0.15, 0.2) is 0 Å². The fourth-order valence-corrected chi connectivity index (χ4v) is 2.30. The van der Waals surface area contributed by atoms with Crippen LogP contribution in [0.4, 0.5) is 0 Å². The zero-order valence-electron chi connectivity index (χ0n) is 10.0. The van der Waals surface area contributed by atoms with E-state index in [0.29, 0.717) is 12.5 Å². The van der Waals surface area contributed by atoms with E-state index in [1.807, 2.05) is 6.92 Å². The quantitative estimate of drug-likeness (QED) is 0.726. The normalized spacial score (nSPS) is 21.2. The van der Waals surface area contributed by atoms with Gasteiger partial charge in [-0.25, -0.2) is 0 Å². The van der Waals surface area contributed by atoms with Crippen molar-refractivity contribution in [1.82, 2.24) is 4.90 Å². The summed E-state index contributed by atoms with van der Waals surface area (Å²) in [7, 11) is 0. The molecule has 1 N–H and O–H groups in total. The van der Waals surface area contributed by atoms with Crippen LogP contribution in [-0.2, 0) is 4.79 Å². The standard InChI is InChI=1S/C13H21NO2/c1-2-3-5-10-14-11-6-4-7-12(14)8-9-13(15)16/h12H,4-11H2,1H3,(H,15,16). The second-order valence-electron chi connectivity index (χ2n) is 4.29. The van der Waals surface area contributed by atoms with Gasteiger partial charge in [-0.05, 0) is 32.7 Å². The van der Waals surface area contributed by atoms with Crippen LogP contribution < -0.4 is 0 Å². The molecule has 0 aliphatic carbocycles. The lowest BCUT2D eigenvalue weighted by Gasteiger charge is -2.35. The summed E-state index contributed by atoms with van der Waals surface area (Å²) in [4.78, 5) is 13.0. The Morgan fingerprint density at radius 1 is 1.50 bits per heavy atom. The summed E-state index contributed by atoms with van der Waals surface area (Å²) < 4.78 is 0. The molecule has 0 bridgehead atoms. The first-order valence-electron chi connectivity index (χ1n) is 6.09. The first kappa shape index (κ1) is 13.1. The van der Waals surface area contributed by atoms with Gasteiger partial charge in [0.2, 0.25) is 0 Å². The van der Waals surface area contributed by atoms with Gasteiger partial charge < -0.3 is 5.11 Å². The van der Waals surface area contributed by atoms with Crippen LogP contribution in [0.1, 0.15) is 45.4 Å². The van der Waals surface area contributed by atoms with Gasteiger partial charge in [0, 0.05) is 25.4 Å². The summed E-state index contributed by atoms with van der Waals surface area (Å²) in [6.45, 7) is 3.96. The van der Waals surface area contributed by atoms with E-state index in [1.165, 1.54) is 12.8 Å². The summed E-state index contributed by atoms with van der Waals surface area (Å²) in [6.07, 6.45) is 5.60. The van der Waals surface area contributed by atoms with Crippen molar-refractivity contribution in [3.05, 3.63) is 0 Å². The molecule has 1 aliphatic rings. The van der Waals surface area contributed by atoms with E-state index in [4.69, 9.17) is 5.11 Å². The second kappa shape index (κ2) is 7.29. The predicted octanol–water partition coefficient (Wildman–Crippen LogP) is 2.12. The number of aliphatic carboxylic acids is 1. The van der Waals surface area contributed by atoms with E-state index in [-0.39, 0.29) is 0 Å². The highest BCUT2D eigenvalue weighted by Crippen LogP contribution is 2.20. The Hall–Kier alpha value is -1.01. The van der Waals surface area contributed by atoms with Crippen LogP contribution in [0.25, 0.3) is 0 Å². The monoisotopic (exact) mass is 223 g/mol. The molecule has 1 fully saturated rings. The number of hydrogen-bond acceptors (Lipinski definition) is 2. The Bertz CT molecular complexity index is 277. The fraction of sp³-hybridized carbons (Fsp3) is 0.769. The molecule has 1 unspecified atom stereocenters. The van der Waals surface area contributed by atoms with Crippen LogP contribution >= 0.6 is 0 Å². The molecule has 0 amide bonds. The second-order valence-corrected chi connectivity index (χ2v) is 4.29. The number of carboxylic acids is 1. The molecule has 1 saturated heterocycles. The summed E-state index contributed by atoms with van der Waals surface area (Å²) in [5, 5.41) is 8.70. The minimum absolute atomic E-state index is 0.292. The van der Waals surface area contributed by atoms with Crippen molar-refractivity contribution in [3.8, 4) is 11.8 Å². The molecular weight excluding hydrogens is 202 g/mol. The minimum Gasteiger partial charge on any atom is -0.481 e. The average molecular weight is 223 g/mol. The van der Waals surface area contributed by atoms with Crippen molar-refractivity contribution in [1.29, 1.82) is 0 Å². The van der Waals surface area contributed by atoms with Crippen LogP contribution in [-0.4, -0.2) is 35.1 Å². The van der Waals surface area contributed by atoms with Gasteiger partial charge in [0.1, 0.15) is 0 Å². The Morgan fingerprint density at radius 2 is 2.31 bits per heavy atom. The first-order chi connectivity index (χ1) is 7.74. The molecule has 0 aromatic heterocycles. The molecule has 0 aromatic rings. The predicted molar refractivity (Wildman–Crippen MR) is 64.1 cm³/mol. The lowest BCUT2D eigenvalue weighted by molar-refractivity contribution is -0.137. The van der Waals surface area contributed by atoms with E-state index in [0.717, 1.165) is 32.4 Å². The van der Waals surface area contributed by atoms with Gasteiger partial charge in [-0.15, -0.1) is 11.8 Å². The zero-order valence-corrected chi connectivity index (χ0v) is 10.0. The van der Waals surface area contributed by atoms with Gasteiger partial charge in [-0.1, -0.05) is 6.42 Å². The minimum atomic E-state index is -0.682. The Balaban J connectivity index is 2.36. The van der Waals surface area contributed by atoms with E-state index in [2.05, 4.69) is 16.7 Å². The number of piperidine rings is 1. The highest BCUT2D eigenvalue weighted by Gasteiger charge is 2.21. The van der Waals surface area contributed by atoms with Crippen LogP contribution in [0, 0.1) is 11.8 Å². The largest absolute Gasteiger partial charge is 0.481 e. The van der Waals surface area contributed by atoms with Crippen LogP contribution in [0.3, 0.4) is 0 Å². The smallest absolute Gasteiger partial charge is 0.303 e. The number of carboxylic acid groups (broad SMARTS) is 1. The van der Waals surface area contributed by atoms with Gasteiger partial charge in [0.25, 0.3) is 0 Å². The molecule has 0 radical (unpaired) electrons. The molecule has 1 atom stereocenters. The molecular formula is C13H21NO2. The zero-order chi connectivity index (χ0) is 11.8. The highest BCUT2D eigenvalue weighted by atomic mass is 16.4. The fourth-order valence-electron chi connectivity index (χ4n) is 2.30. The third-order valence-corrected chi connectivity index (χ3v) is 3.14. The third-order valence-electron chi connectivity index (χ3n) is 3.14. The lowest BCUT2D eigenvalue weighted by atomic mass is 9.98. The van der Waals surface area contributed by atoms with E-state index in [9.17, 15) is 4.79 Å². The third kappa shape index (κ3) is 4.67. The number of hydrogen-bond donors (Lipinski definition) is 1. The summed E-state index contributed by atoms with van der Waals surface area (Å²) in [5.41, 5.74) is 0. The molecule has 1 aliphatic heterocycles. The van der Waals surface area contributed by atoms with Crippen molar-refractivity contribution in [2.75, 3.05) is 13.1 Å². The van der Waals surface area contributed by atoms with E-state index < -0.39 is 5.97 Å². The molecule has 0 aromatic carbocycles. The maximum atomic E-state index is 10.6. The van der Waals surface area contributed by atoms with Crippen LogP contribution in [0.2, 0.25) is 0 Å². The maximum absolute atomic E-state index is 10.6. The van der Waals surface area contributed by atoms with E-state index in [1.54, 1.807) is 0 Å². The van der Waals surface area contributed by atoms with Gasteiger partial charge in [-0.2, -0.15) is 0 Å². The number of likely N-dealkylation sites (tertiary alicyclic amines) is 1. The molecule has 3 nitrogen and oxygen atoms in total. The molecule has 0 spiro atoms. The first-order valence-corrected chi connectivity index (χ1v) is 6.09. The highest BCUT2D eigenvalue weighted by molar-refractivity contribution is 5.66. The van der Waals surface area contributed by atoms with Gasteiger partial charge >= 0.3 is 5.97 Å². The van der Waals surface area contributed by atoms with Gasteiger partial charge in [0.05, 0.1) is 0 Å². The molecule has 0 saturated carbocycles. The van der Waals surface area contributed by atoms with Gasteiger partial charge in [-0.3, -0.25) is 9.69 Å². The Labute approximate surface area is 97.8 Å². The molecule has 90 valence electrons. The molecule has 1 rings (SSSR count). The summed E-state index contributed by atoms with van der Waals surface area (Å²) >= 11 is 0. The Kier molecular flexibility index (Phi) is 5.95. The molecule has 1 heterocycles.